The van der Waals surface area contributed by atoms with Crippen LogP contribution in [0.5, 0.6) is 0 Å². The van der Waals surface area contributed by atoms with Gasteiger partial charge in [0.1, 0.15) is 5.56 Å². The maximum Gasteiger partial charge on any atom is 0.338 e. The first kappa shape index (κ1) is 12.4. The molecular weight excluding hydrogens is 247 g/mol. The molecule has 0 spiro atoms. The number of pyridine rings is 1. The first-order valence-corrected chi connectivity index (χ1v) is 6.78. The number of hydrogen-bond acceptors (Lipinski definition) is 3. The lowest BCUT2D eigenvalue weighted by Crippen LogP contribution is -2.30. The lowest BCUT2D eigenvalue weighted by molar-refractivity contribution is 0.0691. The first-order chi connectivity index (χ1) is 9.15. The van der Waals surface area contributed by atoms with Gasteiger partial charge < -0.3 is 10.0 Å². The van der Waals surface area contributed by atoms with Gasteiger partial charge >= 0.3 is 5.97 Å². The van der Waals surface area contributed by atoms with Crippen molar-refractivity contribution < 1.29 is 14.3 Å². The Morgan fingerprint density at radius 3 is 2.37 bits per heavy atom. The van der Waals surface area contributed by atoms with Crippen LogP contribution in [0.25, 0.3) is 0 Å². The Morgan fingerprint density at radius 2 is 1.89 bits per heavy atom. The van der Waals surface area contributed by atoms with Crippen LogP contribution in [-0.4, -0.2) is 29.1 Å². The van der Waals surface area contributed by atoms with Crippen molar-refractivity contribution in [2.45, 2.75) is 25.7 Å². The van der Waals surface area contributed by atoms with Crippen LogP contribution in [0, 0.1) is 17.7 Å². The number of carboxylic acids is 1. The molecule has 0 saturated heterocycles. The normalized spacial score (nSPS) is 18.4. The van der Waals surface area contributed by atoms with E-state index < -0.39 is 11.8 Å². The zero-order valence-electron chi connectivity index (χ0n) is 10.7. The summed E-state index contributed by atoms with van der Waals surface area (Å²) in [7, 11) is 0. The van der Waals surface area contributed by atoms with E-state index in [1.54, 1.807) is 0 Å². The Bertz CT molecular complexity index is 484. The smallest absolute Gasteiger partial charge is 0.338 e. The van der Waals surface area contributed by atoms with E-state index in [4.69, 9.17) is 5.11 Å². The number of carbonyl (C=O) groups is 1. The van der Waals surface area contributed by atoms with Gasteiger partial charge in [-0.3, -0.25) is 0 Å². The Balaban J connectivity index is 1.86. The van der Waals surface area contributed by atoms with Crippen LogP contribution in [0.3, 0.4) is 0 Å². The highest BCUT2D eigenvalue weighted by Crippen LogP contribution is 2.36. The highest BCUT2D eigenvalue weighted by atomic mass is 19.1. The topological polar surface area (TPSA) is 53.4 Å². The summed E-state index contributed by atoms with van der Waals surface area (Å²) in [6, 6.07) is 1.22. The summed E-state index contributed by atoms with van der Waals surface area (Å²) in [5, 5.41) is 8.97. The second-order valence-electron chi connectivity index (χ2n) is 5.59. The average molecular weight is 264 g/mol. The van der Waals surface area contributed by atoms with E-state index in [2.05, 4.69) is 4.98 Å². The molecule has 0 unspecified atom stereocenters. The lowest BCUT2D eigenvalue weighted by Gasteiger charge is -2.24. The fourth-order valence-electron chi connectivity index (χ4n) is 2.29. The quantitative estimate of drug-likeness (QED) is 0.858. The molecule has 0 amide bonds. The van der Waals surface area contributed by atoms with Crippen LogP contribution in [-0.2, 0) is 0 Å². The van der Waals surface area contributed by atoms with Gasteiger partial charge in [0.15, 0.2) is 11.6 Å². The third kappa shape index (κ3) is 2.85. The van der Waals surface area contributed by atoms with E-state index in [1.807, 2.05) is 4.90 Å². The zero-order chi connectivity index (χ0) is 13.4. The second kappa shape index (κ2) is 4.79. The fourth-order valence-corrected chi connectivity index (χ4v) is 2.29. The summed E-state index contributed by atoms with van der Waals surface area (Å²) in [6.45, 7) is 1.59. The van der Waals surface area contributed by atoms with Gasteiger partial charge in [-0.25, -0.2) is 14.2 Å². The minimum Gasteiger partial charge on any atom is -0.478 e. The molecule has 3 rings (SSSR count). The highest BCUT2D eigenvalue weighted by molar-refractivity contribution is 5.88. The monoisotopic (exact) mass is 264 g/mol. The summed E-state index contributed by atoms with van der Waals surface area (Å²) in [4.78, 5) is 17.0. The average Bonchev–Trinajstić information content (AvgIpc) is 3.23. The predicted molar refractivity (Wildman–Crippen MR) is 68.8 cm³/mol. The minimum absolute atomic E-state index is 0.207. The van der Waals surface area contributed by atoms with E-state index in [9.17, 15) is 9.18 Å². The van der Waals surface area contributed by atoms with Crippen molar-refractivity contribution in [1.29, 1.82) is 0 Å². The number of halogens is 1. The molecule has 2 aliphatic rings. The zero-order valence-corrected chi connectivity index (χ0v) is 10.7. The maximum atomic E-state index is 14.2. The van der Waals surface area contributed by atoms with E-state index in [-0.39, 0.29) is 11.4 Å². The number of anilines is 1. The molecule has 5 heteroatoms. The van der Waals surface area contributed by atoms with Crippen LogP contribution in [0.15, 0.2) is 12.3 Å². The molecule has 0 aromatic carbocycles. The third-order valence-corrected chi connectivity index (χ3v) is 3.75. The molecule has 0 radical (unpaired) electrons. The molecular formula is C14H17FN2O2. The Kier molecular flexibility index (Phi) is 3.12. The van der Waals surface area contributed by atoms with Crippen LogP contribution in [0.4, 0.5) is 10.2 Å². The molecule has 0 aliphatic heterocycles. The van der Waals surface area contributed by atoms with Crippen LogP contribution < -0.4 is 4.90 Å². The van der Waals surface area contributed by atoms with E-state index in [1.165, 1.54) is 37.9 Å². The third-order valence-electron chi connectivity index (χ3n) is 3.75. The molecule has 102 valence electrons. The fraction of sp³-hybridized carbons (Fsp3) is 0.571. The van der Waals surface area contributed by atoms with Crippen molar-refractivity contribution in [2.75, 3.05) is 18.0 Å². The molecule has 2 aliphatic carbocycles. The minimum atomic E-state index is -1.24. The summed E-state index contributed by atoms with van der Waals surface area (Å²) in [6.07, 6.45) is 6.11. The van der Waals surface area contributed by atoms with Gasteiger partial charge in [-0.2, -0.15) is 0 Å². The van der Waals surface area contributed by atoms with E-state index in [0.717, 1.165) is 13.1 Å². The first-order valence-electron chi connectivity index (χ1n) is 6.78. The van der Waals surface area contributed by atoms with Gasteiger partial charge in [-0.15, -0.1) is 0 Å². The molecule has 2 saturated carbocycles. The molecule has 19 heavy (non-hydrogen) atoms. The van der Waals surface area contributed by atoms with Gasteiger partial charge in [0, 0.05) is 19.3 Å². The Labute approximate surface area is 111 Å². The summed E-state index contributed by atoms with van der Waals surface area (Å²) in [5.74, 6) is -0.490. The van der Waals surface area contributed by atoms with Crippen LogP contribution in [0.1, 0.15) is 36.0 Å². The summed E-state index contributed by atoms with van der Waals surface area (Å²) in [5.41, 5.74) is -0.290. The molecule has 1 aromatic rings. The highest BCUT2D eigenvalue weighted by Gasteiger charge is 2.31. The molecule has 0 atom stereocenters. The maximum absolute atomic E-state index is 14.2. The van der Waals surface area contributed by atoms with Crippen molar-refractivity contribution in [2.24, 2.45) is 11.8 Å². The number of rotatable bonds is 6. The molecule has 2 fully saturated rings. The van der Waals surface area contributed by atoms with Gasteiger partial charge in [-0.1, -0.05) is 0 Å². The summed E-state index contributed by atoms with van der Waals surface area (Å²) < 4.78 is 14.2. The van der Waals surface area contributed by atoms with Gasteiger partial charge in [0.25, 0.3) is 0 Å². The van der Waals surface area contributed by atoms with Crippen molar-refractivity contribution >= 4 is 11.8 Å². The SMILES string of the molecule is O=C(O)c1ccnc(N(CC2CC2)CC2CC2)c1F. The second-order valence-corrected chi connectivity index (χ2v) is 5.59. The largest absolute Gasteiger partial charge is 0.478 e. The molecule has 0 bridgehead atoms. The standard InChI is InChI=1S/C14H17FN2O2/c15-12-11(14(18)19)5-6-16-13(12)17(7-9-1-2-9)8-10-3-4-10/h5-6,9-10H,1-4,7-8H2,(H,18,19). The van der Waals surface area contributed by atoms with E-state index in [0.29, 0.717) is 11.8 Å². The molecule has 1 N–H and O–H groups in total. The van der Waals surface area contributed by atoms with E-state index >= 15 is 0 Å². The molecule has 1 heterocycles. The molecule has 1 aromatic heterocycles. The van der Waals surface area contributed by atoms with Crippen molar-refractivity contribution in [3.05, 3.63) is 23.6 Å². The summed E-state index contributed by atoms with van der Waals surface area (Å²) >= 11 is 0. The van der Waals surface area contributed by atoms with Crippen molar-refractivity contribution in [3.8, 4) is 0 Å². The van der Waals surface area contributed by atoms with Crippen molar-refractivity contribution in [1.82, 2.24) is 4.98 Å². The van der Waals surface area contributed by atoms with Gasteiger partial charge in [-0.05, 0) is 43.6 Å². The lowest BCUT2D eigenvalue weighted by atomic mass is 10.2. The number of hydrogen-bond donors (Lipinski definition) is 1. The van der Waals surface area contributed by atoms with Gasteiger partial charge in [0.05, 0.1) is 0 Å². The number of carboxylic acid groups (broad SMARTS) is 1. The number of aromatic carboxylic acids is 1. The van der Waals surface area contributed by atoms with Crippen LogP contribution >= 0.6 is 0 Å². The Morgan fingerprint density at radius 1 is 1.32 bits per heavy atom. The van der Waals surface area contributed by atoms with Crippen molar-refractivity contribution in [3.63, 3.8) is 0 Å². The molecule has 4 nitrogen and oxygen atoms in total. The van der Waals surface area contributed by atoms with Crippen LogP contribution in [0.2, 0.25) is 0 Å². The number of aromatic nitrogens is 1. The predicted octanol–water partition coefficient (Wildman–Crippen LogP) is 2.55. The van der Waals surface area contributed by atoms with Gasteiger partial charge in [0.2, 0.25) is 0 Å². The Hall–Kier alpha value is -1.65. The number of nitrogens with zero attached hydrogens (tertiary/aromatic N) is 2.